The number of benzene rings is 2. The predicted octanol–water partition coefficient (Wildman–Crippen LogP) is 4.75. The van der Waals surface area contributed by atoms with Crippen LogP contribution in [-0.2, 0) is 6.18 Å². The van der Waals surface area contributed by atoms with Crippen LogP contribution in [-0.4, -0.2) is 37.2 Å². The fourth-order valence-electron chi connectivity index (χ4n) is 2.99. The topological polar surface area (TPSA) is 82.6 Å². The molecule has 7 nitrogen and oxygen atoms in total. The van der Waals surface area contributed by atoms with Gasteiger partial charge in [-0.15, -0.1) is 0 Å². The number of halogens is 3. The highest BCUT2D eigenvalue weighted by atomic mass is 19.4. The molecule has 0 atom stereocenters. The van der Waals surface area contributed by atoms with Crippen LogP contribution in [0.3, 0.4) is 0 Å². The average Bonchev–Trinajstić information content (AvgIpc) is 2.77. The summed E-state index contributed by atoms with van der Waals surface area (Å²) in [5.41, 5.74) is 0.599. The van der Waals surface area contributed by atoms with Crippen molar-refractivity contribution < 1.29 is 32.2 Å². The molecule has 0 unspecified atom stereocenters. The molecule has 2 aromatic carbocycles. The maximum absolute atomic E-state index is 12.8. The number of nitrogens with one attached hydrogen (secondary N) is 1. The molecule has 0 bridgehead atoms. The predicted molar refractivity (Wildman–Crippen MR) is 111 cm³/mol. The summed E-state index contributed by atoms with van der Waals surface area (Å²) in [6, 6.07) is 7.64. The van der Waals surface area contributed by atoms with Gasteiger partial charge in [0.05, 0.1) is 38.2 Å². The highest BCUT2D eigenvalue weighted by Crippen LogP contribution is 2.40. The molecular weight excluding hydrogens is 427 g/mol. The van der Waals surface area contributed by atoms with Gasteiger partial charge in [-0.2, -0.15) is 13.2 Å². The third kappa shape index (κ3) is 4.74. The van der Waals surface area contributed by atoms with Crippen molar-refractivity contribution in [2.75, 3.05) is 26.6 Å². The second-order valence-electron chi connectivity index (χ2n) is 6.64. The molecule has 10 heteroatoms. The number of hydrogen-bond donors (Lipinski definition) is 1. The first-order valence-corrected chi connectivity index (χ1v) is 9.30. The van der Waals surface area contributed by atoms with Crippen molar-refractivity contribution in [3.05, 3.63) is 59.4 Å². The first-order chi connectivity index (χ1) is 15.2. The van der Waals surface area contributed by atoms with Crippen LogP contribution < -0.4 is 19.5 Å². The summed E-state index contributed by atoms with van der Waals surface area (Å²) in [7, 11) is 4.39. The maximum Gasteiger partial charge on any atom is 0.416 e. The number of methoxy groups -OCH3 is 3. The molecule has 0 saturated heterocycles. The summed E-state index contributed by atoms with van der Waals surface area (Å²) in [5, 5.41) is 2.72. The molecule has 0 saturated carbocycles. The second kappa shape index (κ2) is 9.13. The number of alkyl halides is 3. The van der Waals surface area contributed by atoms with Gasteiger partial charge in [-0.25, -0.2) is 9.97 Å². The Labute approximate surface area is 182 Å². The van der Waals surface area contributed by atoms with Gasteiger partial charge in [-0.1, -0.05) is 12.1 Å². The Morgan fingerprint density at radius 3 is 2.03 bits per heavy atom. The van der Waals surface area contributed by atoms with Gasteiger partial charge in [-0.3, -0.25) is 4.79 Å². The van der Waals surface area contributed by atoms with Crippen LogP contribution in [0.1, 0.15) is 21.6 Å². The van der Waals surface area contributed by atoms with E-state index >= 15 is 0 Å². The third-order valence-electron chi connectivity index (χ3n) is 4.62. The minimum absolute atomic E-state index is 0.203. The molecule has 0 aliphatic heterocycles. The number of aromatic nitrogens is 2. The molecule has 0 fully saturated rings. The summed E-state index contributed by atoms with van der Waals surface area (Å²) >= 11 is 0. The minimum atomic E-state index is -4.43. The van der Waals surface area contributed by atoms with Crippen LogP contribution in [0.25, 0.3) is 11.4 Å². The first-order valence-electron chi connectivity index (χ1n) is 9.30. The molecule has 1 aromatic heterocycles. The average molecular weight is 447 g/mol. The van der Waals surface area contributed by atoms with Crippen molar-refractivity contribution in [1.29, 1.82) is 0 Å². The number of anilines is 1. The summed E-state index contributed by atoms with van der Waals surface area (Å²) < 4.78 is 54.0. The van der Waals surface area contributed by atoms with Crippen LogP contribution in [0.5, 0.6) is 17.2 Å². The van der Waals surface area contributed by atoms with Crippen LogP contribution in [0.2, 0.25) is 0 Å². The number of carbonyl (C=O) groups excluding carboxylic acids is 1. The molecule has 0 spiro atoms. The monoisotopic (exact) mass is 447 g/mol. The van der Waals surface area contributed by atoms with Gasteiger partial charge in [0.25, 0.3) is 5.91 Å². The van der Waals surface area contributed by atoms with Crippen LogP contribution in [0.15, 0.2) is 42.6 Å². The number of rotatable bonds is 6. The van der Waals surface area contributed by atoms with Gasteiger partial charge >= 0.3 is 6.18 Å². The van der Waals surface area contributed by atoms with Crippen LogP contribution in [0, 0.1) is 6.92 Å². The normalized spacial score (nSPS) is 11.1. The lowest BCUT2D eigenvalue weighted by atomic mass is 10.1. The van der Waals surface area contributed by atoms with E-state index in [1.807, 2.05) is 0 Å². The lowest BCUT2D eigenvalue weighted by molar-refractivity contribution is -0.137. The highest BCUT2D eigenvalue weighted by molar-refractivity contribution is 6.05. The van der Waals surface area contributed by atoms with Gasteiger partial charge in [0.15, 0.2) is 17.3 Å². The molecule has 3 rings (SSSR count). The van der Waals surface area contributed by atoms with E-state index in [-0.39, 0.29) is 11.4 Å². The van der Waals surface area contributed by atoms with E-state index in [0.717, 1.165) is 12.1 Å². The molecule has 1 amide bonds. The molecule has 0 radical (unpaired) electrons. The fraction of sp³-hybridized carbons (Fsp3) is 0.227. The Bertz CT molecular complexity index is 1110. The number of amides is 1. The zero-order valence-corrected chi connectivity index (χ0v) is 17.7. The molecule has 32 heavy (non-hydrogen) atoms. The maximum atomic E-state index is 12.8. The minimum Gasteiger partial charge on any atom is -0.493 e. The van der Waals surface area contributed by atoms with E-state index in [1.165, 1.54) is 39.7 Å². The smallest absolute Gasteiger partial charge is 0.416 e. The Balaban J connectivity index is 1.84. The van der Waals surface area contributed by atoms with Gasteiger partial charge in [0, 0.05) is 29.6 Å². The largest absolute Gasteiger partial charge is 0.493 e. The molecule has 1 heterocycles. The van der Waals surface area contributed by atoms with Crippen LogP contribution in [0.4, 0.5) is 18.9 Å². The quantitative estimate of drug-likeness (QED) is 0.587. The lowest BCUT2D eigenvalue weighted by Gasteiger charge is -2.15. The highest BCUT2D eigenvalue weighted by Gasteiger charge is 2.30. The van der Waals surface area contributed by atoms with E-state index in [4.69, 9.17) is 14.2 Å². The Hall–Kier alpha value is -3.82. The molecule has 0 aliphatic rings. The number of nitrogens with zero attached hydrogens (tertiary/aromatic N) is 2. The first kappa shape index (κ1) is 22.9. The van der Waals surface area contributed by atoms with E-state index in [0.29, 0.717) is 34.2 Å². The number of aryl methyl sites for hydroxylation is 1. The number of hydrogen-bond acceptors (Lipinski definition) is 6. The lowest BCUT2D eigenvalue weighted by Crippen LogP contribution is -2.15. The summed E-state index contributed by atoms with van der Waals surface area (Å²) in [6.45, 7) is 1.61. The standard InChI is InChI=1S/C22H20F3N3O4/c1-12-16(11-26-20(27-12)13-5-7-14(8-6-13)22(23,24)25)21(29)28-15-9-17(30-2)19(32-4)18(10-15)31-3/h5-11H,1-4H3,(H,28,29). The third-order valence-corrected chi connectivity index (χ3v) is 4.62. The molecule has 0 aliphatic carbocycles. The zero-order chi connectivity index (χ0) is 23.5. The SMILES string of the molecule is COc1cc(NC(=O)c2cnc(-c3ccc(C(F)(F)F)cc3)nc2C)cc(OC)c1OC. The van der Waals surface area contributed by atoms with Crippen molar-refractivity contribution in [3.63, 3.8) is 0 Å². The van der Waals surface area contributed by atoms with Crippen molar-refractivity contribution in [1.82, 2.24) is 9.97 Å². The van der Waals surface area contributed by atoms with Crippen molar-refractivity contribution >= 4 is 11.6 Å². The number of ether oxygens (including phenoxy) is 3. The van der Waals surface area contributed by atoms with Crippen molar-refractivity contribution in [2.24, 2.45) is 0 Å². The zero-order valence-electron chi connectivity index (χ0n) is 17.7. The Kier molecular flexibility index (Phi) is 6.52. The van der Waals surface area contributed by atoms with Crippen molar-refractivity contribution in [3.8, 4) is 28.6 Å². The van der Waals surface area contributed by atoms with E-state index in [2.05, 4.69) is 15.3 Å². The van der Waals surface area contributed by atoms with E-state index in [9.17, 15) is 18.0 Å². The molecule has 3 aromatic rings. The fourth-order valence-corrected chi connectivity index (χ4v) is 2.99. The van der Waals surface area contributed by atoms with Gasteiger partial charge < -0.3 is 19.5 Å². The summed E-state index contributed by atoms with van der Waals surface area (Å²) in [6.07, 6.45) is -3.10. The second-order valence-corrected chi connectivity index (χ2v) is 6.64. The van der Waals surface area contributed by atoms with Gasteiger partial charge in [0.1, 0.15) is 0 Å². The number of carbonyl (C=O) groups is 1. The molecule has 1 N–H and O–H groups in total. The van der Waals surface area contributed by atoms with Gasteiger partial charge in [-0.05, 0) is 19.1 Å². The molecular formula is C22H20F3N3O4. The summed E-state index contributed by atoms with van der Waals surface area (Å²) in [4.78, 5) is 21.2. The van der Waals surface area contributed by atoms with E-state index in [1.54, 1.807) is 19.1 Å². The van der Waals surface area contributed by atoms with Gasteiger partial charge in [0.2, 0.25) is 5.75 Å². The molecule has 168 valence electrons. The van der Waals surface area contributed by atoms with Crippen LogP contribution >= 0.6 is 0 Å². The Morgan fingerprint density at radius 2 is 1.56 bits per heavy atom. The Morgan fingerprint density at radius 1 is 0.969 bits per heavy atom. The van der Waals surface area contributed by atoms with E-state index < -0.39 is 17.6 Å². The summed E-state index contributed by atoms with van der Waals surface area (Å²) in [5.74, 6) is 0.852. The van der Waals surface area contributed by atoms with Crippen molar-refractivity contribution in [2.45, 2.75) is 13.1 Å².